The number of hydrogen-bond donors (Lipinski definition) is 3. The number of hydrogen-bond acceptors (Lipinski definition) is 4. The van der Waals surface area contributed by atoms with Crippen LogP contribution in [-0.4, -0.2) is 16.9 Å². The van der Waals surface area contributed by atoms with E-state index >= 15 is 0 Å². The number of amides is 1. The zero-order valence-electron chi connectivity index (χ0n) is 15.2. The fourth-order valence-electron chi connectivity index (χ4n) is 3.27. The van der Waals surface area contributed by atoms with Gasteiger partial charge in [-0.2, -0.15) is 0 Å². The Morgan fingerprint density at radius 1 is 1.18 bits per heavy atom. The van der Waals surface area contributed by atoms with E-state index in [1.165, 1.54) is 6.07 Å². The first-order valence-corrected chi connectivity index (χ1v) is 8.67. The number of carbonyl (C=O) groups is 1. The number of H-pyrrole nitrogens is 1. The number of para-hydroxylation sites is 1. The molecule has 1 atom stereocenters. The van der Waals surface area contributed by atoms with E-state index < -0.39 is 11.7 Å². The number of rotatable bonds is 4. The van der Waals surface area contributed by atoms with Crippen molar-refractivity contribution in [3.63, 3.8) is 0 Å². The van der Waals surface area contributed by atoms with Gasteiger partial charge in [-0.05, 0) is 42.7 Å². The number of nitrogens with one attached hydrogen (secondary N) is 2. The topological polar surface area (TPSA) is 101 Å². The van der Waals surface area contributed by atoms with Crippen LogP contribution in [0.4, 0.5) is 5.69 Å². The van der Waals surface area contributed by atoms with Crippen LogP contribution in [0.2, 0.25) is 0 Å². The monoisotopic (exact) mass is 397 g/mol. The number of fused-ring (bicyclic) bond motifs is 2. The predicted molar refractivity (Wildman–Crippen MR) is 113 cm³/mol. The van der Waals surface area contributed by atoms with Crippen LogP contribution in [0.5, 0.6) is 0 Å². The summed E-state index contributed by atoms with van der Waals surface area (Å²) in [6.07, 6.45) is 2.29. The number of nitrogens with two attached hydrogens (primary N) is 1. The molecular weight excluding hydrogens is 378 g/mol. The van der Waals surface area contributed by atoms with Gasteiger partial charge in [0.05, 0.1) is 6.04 Å². The molecule has 4 rings (SSSR count). The summed E-state index contributed by atoms with van der Waals surface area (Å²) >= 11 is 0. The van der Waals surface area contributed by atoms with Crippen LogP contribution in [0.1, 0.15) is 11.1 Å². The Labute approximate surface area is 167 Å². The summed E-state index contributed by atoms with van der Waals surface area (Å²) in [5, 5.41) is 4.69. The average Bonchev–Trinajstić information content (AvgIpc) is 3.04. The van der Waals surface area contributed by atoms with Crippen LogP contribution < -0.4 is 16.7 Å². The first-order chi connectivity index (χ1) is 13.0. The lowest BCUT2D eigenvalue weighted by Crippen LogP contribution is -2.37. The lowest BCUT2D eigenvalue weighted by atomic mass is 10.0. The van der Waals surface area contributed by atoms with Crippen LogP contribution in [0.3, 0.4) is 0 Å². The van der Waals surface area contributed by atoms with Crippen molar-refractivity contribution in [2.75, 3.05) is 5.32 Å². The minimum atomic E-state index is -0.704. The van der Waals surface area contributed by atoms with Gasteiger partial charge < -0.3 is 20.5 Å². The largest absolute Gasteiger partial charge is 0.423 e. The maximum atomic E-state index is 12.5. The molecule has 0 spiro atoms. The smallest absolute Gasteiger partial charge is 0.336 e. The van der Waals surface area contributed by atoms with Gasteiger partial charge in [-0.3, -0.25) is 4.79 Å². The molecular formula is C21H20ClN3O3. The first-order valence-electron chi connectivity index (χ1n) is 8.67. The quantitative estimate of drug-likeness (QED) is 0.458. The van der Waals surface area contributed by atoms with Crippen molar-refractivity contribution in [2.45, 2.75) is 19.4 Å². The molecule has 7 heteroatoms. The Kier molecular flexibility index (Phi) is 5.53. The lowest BCUT2D eigenvalue weighted by Gasteiger charge is -2.12. The van der Waals surface area contributed by atoms with E-state index in [0.29, 0.717) is 17.7 Å². The van der Waals surface area contributed by atoms with Crippen LogP contribution >= 0.6 is 12.4 Å². The van der Waals surface area contributed by atoms with E-state index in [1.807, 2.05) is 43.5 Å². The lowest BCUT2D eigenvalue weighted by molar-refractivity contribution is -0.117. The van der Waals surface area contributed by atoms with Crippen LogP contribution in [0, 0.1) is 6.92 Å². The van der Waals surface area contributed by atoms with Crippen molar-refractivity contribution in [2.24, 2.45) is 5.73 Å². The van der Waals surface area contributed by atoms with Gasteiger partial charge in [0, 0.05) is 40.3 Å². The minimum absolute atomic E-state index is 0. The van der Waals surface area contributed by atoms with E-state index in [1.54, 1.807) is 12.1 Å². The third kappa shape index (κ3) is 3.78. The second kappa shape index (κ2) is 7.88. The Morgan fingerprint density at radius 3 is 2.79 bits per heavy atom. The van der Waals surface area contributed by atoms with Crippen molar-refractivity contribution < 1.29 is 9.21 Å². The molecule has 0 saturated heterocycles. The van der Waals surface area contributed by atoms with Crippen molar-refractivity contribution in [1.82, 2.24) is 4.98 Å². The van der Waals surface area contributed by atoms with E-state index in [2.05, 4.69) is 10.3 Å². The molecule has 4 N–H and O–H groups in total. The maximum absolute atomic E-state index is 12.5. The summed E-state index contributed by atoms with van der Waals surface area (Å²) in [6.45, 7) is 1.84. The zero-order valence-corrected chi connectivity index (χ0v) is 16.0. The third-order valence-corrected chi connectivity index (χ3v) is 4.67. The molecule has 144 valence electrons. The Hall–Kier alpha value is -3.09. The molecule has 2 heterocycles. The molecule has 0 aliphatic rings. The van der Waals surface area contributed by atoms with Gasteiger partial charge in [0.25, 0.3) is 0 Å². The van der Waals surface area contributed by atoms with E-state index in [-0.39, 0.29) is 18.3 Å². The van der Waals surface area contributed by atoms with E-state index in [0.717, 1.165) is 27.4 Å². The second-order valence-corrected chi connectivity index (χ2v) is 6.62. The summed E-state index contributed by atoms with van der Waals surface area (Å²) < 4.78 is 5.22. The Morgan fingerprint density at radius 2 is 1.96 bits per heavy atom. The van der Waals surface area contributed by atoms with Crippen molar-refractivity contribution in [1.29, 1.82) is 0 Å². The normalized spacial score (nSPS) is 11.9. The van der Waals surface area contributed by atoms with Gasteiger partial charge in [0.2, 0.25) is 5.91 Å². The first kappa shape index (κ1) is 19.7. The molecule has 2 aromatic heterocycles. The summed E-state index contributed by atoms with van der Waals surface area (Å²) in [5.74, 6) is -0.297. The predicted octanol–water partition coefficient (Wildman–Crippen LogP) is 3.51. The van der Waals surface area contributed by atoms with E-state index in [9.17, 15) is 9.59 Å². The van der Waals surface area contributed by atoms with Crippen LogP contribution in [0.15, 0.2) is 63.9 Å². The number of carbonyl (C=O) groups excluding carboxylic acids is 1. The summed E-state index contributed by atoms with van der Waals surface area (Å²) in [5.41, 5.74) is 9.50. The SMILES string of the molecule is Cc1cc(=O)oc2cc(NC(=O)[C@@H](N)Cc3c[nH]c4ccccc34)ccc12.Cl. The fraction of sp³-hybridized carbons (Fsp3) is 0.143. The van der Waals surface area contributed by atoms with Gasteiger partial charge in [0.15, 0.2) is 0 Å². The molecule has 0 bridgehead atoms. The number of aryl methyl sites for hydroxylation is 1. The highest BCUT2D eigenvalue weighted by Gasteiger charge is 2.17. The highest BCUT2D eigenvalue weighted by molar-refractivity contribution is 5.97. The summed E-state index contributed by atoms with van der Waals surface area (Å²) in [4.78, 5) is 27.2. The zero-order chi connectivity index (χ0) is 19.0. The molecule has 0 unspecified atom stereocenters. The van der Waals surface area contributed by atoms with Gasteiger partial charge in [-0.25, -0.2) is 4.79 Å². The molecule has 0 fully saturated rings. The molecule has 0 saturated carbocycles. The van der Waals surface area contributed by atoms with Crippen molar-refractivity contribution >= 4 is 45.9 Å². The van der Waals surface area contributed by atoms with Gasteiger partial charge in [-0.1, -0.05) is 18.2 Å². The fourth-order valence-corrected chi connectivity index (χ4v) is 3.27. The van der Waals surface area contributed by atoms with Crippen LogP contribution in [0.25, 0.3) is 21.9 Å². The number of aromatic nitrogens is 1. The Bertz CT molecular complexity index is 1210. The summed E-state index contributed by atoms with van der Waals surface area (Å²) in [7, 11) is 0. The van der Waals surface area contributed by atoms with Crippen molar-refractivity contribution in [3.05, 3.63) is 76.3 Å². The Balaban J connectivity index is 0.00000225. The highest BCUT2D eigenvalue weighted by atomic mass is 35.5. The number of benzene rings is 2. The molecule has 0 aliphatic heterocycles. The van der Waals surface area contributed by atoms with Crippen molar-refractivity contribution in [3.8, 4) is 0 Å². The van der Waals surface area contributed by atoms with Gasteiger partial charge >= 0.3 is 5.63 Å². The molecule has 4 aromatic rings. The molecule has 6 nitrogen and oxygen atoms in total. The minimum Gasteiger partial charge on any atom is -0.423 e. The second-order valence-electron chi connectivity index (χ2n) is 6.62. The highest BCUT2D eigenvalue weighted by Crippen LogP contribution is 2.22. The standard InChI is InChI=1S/C21H19N3O3.ClH/c1-12-8-20(25)27-19-10-14(6-7-15(12)19)24-21(26)17(22)9-13-11-23-18-5-3-2-4-16(13)18;/h2-8,10-11,17,23H,9,22H2,1H3,(H,24,26);1H/t17-;/m0./s1. The summed E-state index contributed by atoms with van der Waals surface area (Å²) in [6, 6.07) is 13.8. The average molecular weight is 398 g/mol. The number of anilines is 1. The molecule has 0 aliphatic carbocycles. The van der Waals surface area contributed by atoms with Crippen LogP contribution in [-0.2, 0) is 11.2 Å². The van der Waals surface area contributed by atoms with Gasteiger partial charge in [0.1, 0.15) is 5.58 Å². The third-order valence-electron chi connectivity index (χ3n) is 4.67. The molecule has 28 heavy (non-hydrogen) atoms. The molecule has 2 aromatic carbocycles. The molecule has 0 radical (unpaired) electrons. The molecule has 1 amide bonds. The van der Waals surface area contributed by atoms with Gasteiger partial charge in [-0.15, -0.1) is 12.4 Å². The maximum Gasteiger partial charge on any atom is 0.336 e. The number of halogens is 1. The van der Waals surface area contributed by atoms with E-state index in [4.69, 9.17) is 10.2 Å². The number of aromatic amines is 1.